The zero-order chi connectivity index (χ0) is 23.8. The van der Waals surface area contributed by atoms with Gasteiger partial charge in [-0.2, -0.15) is 9.29 Å². The van der Waals surface area contributed by atoms with Crippen molar-refractivity contribution in [1.82, 2.24) is 14.4 Å². The Morgan fingerprint density at radius 1 is 1.18 bits per heavy atom. The minimum atomic E-state index is -3.58. The van der Waals surface area contributed by atoms with Gasteiger partial charge in [-0.05, 0) is 56.2 Å². The van der Waals surface area contributed by atoms with Gasteiger partial charge in [0.2, 0.25) is 17.6 Å². The van der Waals surface area contributed by atoms with Gasteiger partial charge in [-0.1, -0.05) is 25.9 Å². The predicted octanol–water partition coefficient (Wildman–Crippen LogP) is 4.44. The van der Waals surface area contributed by atoms with Crippen molar-refractivity contribution in [3.8, 4) is 11.4 Å². The van der Waals surface area contributed by atoms with Gasteiger partial charge in [0.1, 0.15) is 4.21 Å². The highest BCUT2D eigenvalue weighted by atomic mass is 32.2. The standard InChI is InChI=1S/C23H28N4O4S2/c1-15-7-12-19(32-15)33(29,30)27-13-5-6-17(14-27)21(28)24-18-10-8-16(9-11-18)20-25-22(31-26-20)23(2,3)4/h7-12,17H,5-6,13-14H2,1-4H3,(H,24,28). The first-order valence-corrected chi connectivity index (χ1v) is 13.1. The van der Waals surface area contributed by atoms with Crippen LogP contribution in [-0.2, 0) is 20.2 Å². The van der Waals surface area contributed by atoms with Gasteiger partial charge in [-0.25, -0.2) is 8.42 Å². The first-order chi connectivity index (χ1) is 15.5. The molecule has 1 aliphatic heterocycles. The Labute approximate surface area is 198 Å². The Kier molecular flexibility index (Phi) is 6.43. The number of carbonyl (C=O) groups excluding carboxylic acids is 1. The summed E-state index contributed by atoms with van der Waals surface area (Å²) in [5, 5.41) is 6.95. The van der Waals surface area contributed by atoms with E-state index in [9.17, 15) is 13.2 Å². The summed E-state index contributed by atoms with van der Waals surface area (Å²) in [4.78, 5) is 18.3. The second-order valence-corrected chi connectivity index (χ2v) is 12.8. The van der Waals surface area contributed by atoms with E-state index in [1.807, 2.05) is 39.8 Å². The molecule has 4 rings (SSSR count). The summed E-state index contributed by atoms with van der Waals surface area (Å²) in [6.45, 7) is 8.50. The lowest BCUT2D eigenvalue weighted by molar-refractivity contribution is -0.120. The van der Waals surface area contributed by atoms with Gasteiger partial charge in [0, 0.05) is 34.6 Å². The van der Waals surface area contributed by atoms with Crippen molar-refractivity contribution in [2.24, 2.45) is 5.92 Å². The minimum Gasteiger partial charge on any atom is -0.338 e. The molecule has 1 atom stereocenters. The molecule has 1 unspecified atom stereocenters. The molecule has 33 heavy (non-hydrogen) atoms. The molecule has 1 aromatic carbocycles. The number of anilines is 1. The maximum absolute atomic E-state index is 12.9. The first-order valence-electron chi connectivity index (χ1n) is 10.9. The predicted molar refractivity (Wildman–Crippen MR) is 128 cm³/mol. The number of piperidine rings is 1. The molecule has 3 heterocycles. The van der Waals surface area contributed by atoms with Crippen molar-refractivity contribution in [3.63, 3.8) is 0 Å². The zero-order valence-electron chi connectivity index (χ0n) is 19.2. The van der Waals surface area contributed by atoms with E-state index < -0.39 is 15.9 Å². The van der Waals surface area contributed by atoms with Crippen LogP contribution in [0.5, 0.6) is 0 Å². The van der Waals surface area contributed by atoms with Crippen LogP contribution >= 0.6 is 11.3 Å². The van der Waals surface area contributed by atoms with Gasteiger partial charge in [-0.3, -0.25) is 4.79 Å². The zero-order valence-corrected chi connectivity index (χ0v) is 20.8. The molecule has 3 aromatic rings. The number of benzene rings is 1. The Morgan fingerprint density at radius 2 is 1.91 bits per heavy atom. The van der Waals surface area contributed by atoms with Crippen LogP contribution in [0.1, 0.15) is 44.4 Å². The monoisotopic (exact) mass is 488 g/mol. The van der Waals surface area contributed by atoms with Gasteiger partial charge in [0.15, 0.2) is 0 Å². The molecule has 10 heteroatoms. The van der Waals surface area contributed by atoms with Crippen molar-refractivity contribution in [3.05, 3.63) is 47.2 Å². The summed E-state index contributed by atoms with van der Waals surface area (Å²) in [5.74, 6) is 0.472. The number of sulfonamides is 1. The molecule has 0 bridgehead atoms. The number of hydrogen-bond acceptors (Lipinski definition) is 7. The molecule has 1 saturated heterocycles. The largest absolute Gasteiger partial charge is 0.338 e. The molecule has 1 amide bonds. The van der Waals surface area contributed by atoms with Crippen LogP contribution in [0, 0.1) is 12.8 Å². The van der Waals surface area contributed by atoms with Gasteiger partial charge in [0.05, 0.1) is 5.92 Å². The molecule has 0 aliphatic carbocycles. The summed E-state index contributed by atoms with van der Waals surface area (Å²) >= 11 is 1.26. The topological polar surface area (TPSA) is 105 Å². The number of carbonyl (C=O) groups is 1. The molecule has 8 nitrogen and oxygen atoms in total. The minimum absolute atomic E-state index is 0.181. The number of amides is 1. The fourth-order valence-corrected chi connectivity index (χ4v) is 6.61. The van der Waals surface area contributed by atoms with E-state index in [4.69, 9.17) is 4.52 Å². The smallest absolute Gasteiger partial charge is 0.252 e. The number of aromatic nitrogens is 2. The van der Waals surface area contributed by atoms with Gasteiger partial charge in [0.25, 0.3) is 10.0 Å². The van der Waals surface area contributed by atoms with Gasteiger partial charge in [-0.15, -0.1) is 11.3 Å². The summed E-state index contributed by atoms with van der Waals surface area (Å²) in [5.41, 5.74) is 1.19. The van der Waals surface area contributed by atoms with E-state index in [1.165, 1.54) is 15.6 Å². The molecule has 1 aliphatic rings. The van der Waals surface area contributed by atoms with Gasteiger partial charge >= 0.3 is 0 Å². The lowest BCUT2D eigenvalue weighted by Crippen LogP contribution is -2.43. The normalized spacial score (nSPS) is 17.8. The maximum Gasteiger partial charge on any atom is 0.252 e. The molecule has 2 aromatic heterocycles. The van der Waals surface area contributed by atoms with Crippen molar-refractivity contribution in [2.45, 2.75) is 50.2 Å². The SMILES string of the molecule is Cc1ccc(S(=O)(=O)N2CCCC(C(=O)Nc3ccc(-c4noc(C(C)(C)C)n4)cc3)C2)s1. The third-order valence-electron chi connectivity index (χ3n) is 5.54. The molecule has 1 fully saturated rings. The van der Waals surface area contributed by atoms with Crippen LogP contribution in [0.4, 0.5) is 5.69 Å². The summed E-state index contributed by atoms with van der Waals surface area (Å²) in [7, 11) is -3.58. The van der Waals surface area contributed by atoms with Crippen molar-refractivity contribution in [1.29, 1.82) is 0 Å². The number of aryl methyl sites for hydroxylation is 1. The number of nitrogens with zero attached hydrogens (tertiary/aromatic N) is 3. The molecular formula is C23H28N4O4S2. The highest BCUT2D eigenvalue weighted by Crippen LogP contribution is 2.29. The van der Waals surface area contributed by atoms with E-state index in [-0.39, 0.29) is 17.9 Å². The lowest BCUT2D eigenvalue weighted by Gasteiger charge is -2.30. The van der Waals surface area contributed by atoms with Crippen molar-refractivity contribution >= 4 is 33.0 Å². The number of hydrogen-bond donors (Lipinski definition) is 1. The molecule has 1 N–H and O–H groups in total. The second-order valence-electron chi connectivity index (χ2n) is 9.31. The first kappa shape index (κ1) is 23.6. The van der Waals surface area contributed by atoms with E-state index in [0.717, 1.165) is 10.4 Å². The molecule has 0 spiro atoms. The third kappa shape index (κ3) is 5.18. The van der Waals surface area contributed by atoms with Crippen LogP contribution in [0.25, 0.3) is 11.4 Å². The summed E-state index contributed by atoms with van der Waals surface area (Å²) in [6, 6.07) is 10.6. The fraction of sp³-hybridized carbons (Fsp3) is 0.435. The van der Waals surface area contributed by atoms with E-state index in [2.05, 4.69) is 15.5 Å². The number of thiophene rings is 1. The highest BCUT2D eigenvalue weighted by molar-refractivity contribution is 7.91. The van der Waals surface area contributed by atoms with Crippen LogP contribution in [-0.4, -0.2) is 41.9 Å². The number of rotatable bonds is 5. The van der Waals surface area contributed by atoms with Crippen molar-refractivity contribution < 1.29 is 17.7 Å². The quantitative estimate of drug-likeness (QED) is 0.569. The van der Waals surface area contributed by atoms with Crippen LogP contribution in [0.15, 0.2) is 45.1 Å². The highest BCUT2D eigenvalue weighted by Gasteiger charge is 2.34. The lowest BCUT2D eigenvalue weighted by atomic mass is 9.97. The molecule has 0 saturated carbocycles. The average Bonchev–Trinajstić information content (AvgIpc) is 3.44. The van der Waals surface area contributed by atoms with Crippen LogP contribution in [0.3, 0.4) is 0 Å². The Hall–Kier alpha value is -2.56. The third-order valence-corrected chi connectivity index (χ3v) is 8.88. The van der Waals surface area contributed by atoms with Crippen LogP contribution in [0.2, 0.25) is 0 Å². The fourth-order valence-electron chi connectivity index (χ4n) is 3.65. The maximum atomic E-state index is 12.9. The molecule has 176 valence electrons. The second kappa shape index (κ2) is 9.00. The van der Waals surface area contributed by atoms with Crippen LogP contribution < -0.4 is 5.32 Å². The van der Waals surface area contributed by atoms with Crippen molar-refractivity contribution in [2.75, 3.05) is 18.4 Å². The Balaban J connectivity index is 1.41. The van der Waals surface area contributed by atoms with E-state index >= 15 is 0 Å². The summed E-state index contributed by atoms with van der Waals surface area (Å²) < 4.78 is 33.0. The Bertz CT molecular complexity index is 1240. The van der Waals surface area contributed by atoms with E-state index in [1.54, 1.807) is 24.3 Å². The number of nitrogens with one attached hydrogen (secondary N) is 1. The molecular weight excluding hydrogens is 460 g/mol. The summed E-state index contributed by atoms with van der Waals surface area (Å²) in [6.07, 6.45) is 1.30. The van der Waals surface area contributed by atoms with E-state index in [0.29, 0.717) is 41.0 Å². The van der Waals surface area contributed by atoms with Gasteiger partial charge < -0.3 is 9.84 Å². The average molecular weight is 489 g/mol. The molecule has 0 radical (unpaired) electrons. The Morgan fingerprint density at radius 3 is 2.52 bits per heavy atom.